The SMILES string of the molecule is Cn1c(=O)[nH]c(=O)c2[nH]c(Cc3ccccc3Cl)nc21. The van der Waals surface area contributed by atoms with Crippen LogP contribution in [0.25, 0.3) is 11.2 Å². The van der Waals surface area contributed by atoms with E-state index in [2.05, 4.69) is 15.0 Å². The number of aromatic nitrogens is 4. The number of hydrogen-bond donors (Lipinski definition) is 2. The first-order chi connectivity index (χ1) is 9.56. The van der Waals surface area contributed by atoms with E-state index < -0.39 is 11.2 Å². The van der Waals surface area contributed by atoms with Crippen molar-refractivity contribution in [3.63, 3.8) is 0 Å². The maximum Gasteiger partial charge on any atom is 0.329 e. The zero-order chi connectivity index (χ0) is 14.3. The standard InChI is InChI=1S/C13H11ClN4O2/c1-18-11-10(12(19)17-13(18)20)15-9(16-11)6-7-4-2-3-5-8(7)14/h2-5H,6H2,1H3,(H,15,16)(H,17,19,20). The summed E-state index contributed by atoms with van der Waals surface area (Å²) in [7, 11) is 1.56. The molecule has 0 saturated carbocycles. The molecule has 102 valence electrons. The van der Waals surface area contributed by atoms with Crippen LogP contribution in [0.2, 0.25) is 5.02 Å². The third-order valence-electron chi connectivity index (χ3n) is 3.12. The zero-order valence-electron chi connectivity index (χ0n) is 10.6. The molecule has 6 nitrogen and oxygen atoms in total. The molecule has 0 aliphatic rings. The maximum atomic E-state index is 11.7. The molecule has 0 amide bonds. The summed E-state index contributed by atoms with van der Waals surface area (Å²) in [5.41, 5.74) is 0.559. The number of rotatable bonds is 2. The van der Waals surface area contributed by atoms with Gasteiger partial charge in [0.1, 0.15) is 11.3 Å². The molecule has 2 heterocycles. The monoisotopic (exact) mass is 290 g/mol. The van der Waals surface area contributed by atoms with E-state index in [4.69, 9.17) is 11.6 Å². The van der Waals surface area contributed by atoms with Crippen LogP contribution in [0.4, 0.5) is 0 Å². The maximum absolute atomic E-state index is 11.7. The Bertz CT molecular complexity index is 907. The molecule has 2 N–H and O–H groups in total. The molecule has 7 heteroatoms. The van der Waals surface area contributed by atoms with Crippen LogP contribution in [-0.4, -0.2) is 19.5 Å². The van der Waals surface area contributed by atoms with Gasteiger partial charge >= 0.3 is 5.69 Å². The van der Waals surface area contributed by atoms with Crippen molar-refractivity contribution in [2.75, 3.05) is 0 Å². The summed E-state index contributed by atoms with van der Waals surface area (Å²) in [6.07, 6.45) is 0.460. The van der Waals surface area contributed by atoms with Crippen LogP contribution < -0.4 is 11.2 Å². The van der Waals surface area contributed by atoms with Crippen LogP contribution in [-0.2, 0) is 13.5 Å². The molecule has 0 unspecified atom stereocenters. The Balaban J connectivity index is 2.13. The topological polar surface area (TPSA) is 83.5 Å². The minimum Gasteiger partial charge on any atom is -0.336 e. The van der Waals surface area contributed by atoms with Gasteiger partial charge in [0.25, 0.3) is 5.56 Å². The van der Waals surface area contributed by atoms with Gasteiger partial charge in [-0.25, -0.2) is 9.78 Å². The lowest BCUT2D eigenvalue weighted by Gasteiger charge is -2.00. The largest absolute Gasteiger partial charge is 0.336 e. The zero-order valence-corrected chi connectivity index (χ0v) is 11.4. The fourth-order valence-corrected chi connectivity index (χ4v) is 2.26. The Morgan fingerprint density at radius 3 is 2.75 bits per heavy atom. The number of nitrogens with zero attached hydrogens (tertiary/aromatic N) is 2. The van der Waals surface area contributed by atoms with E-state index in [1.165, 1.54) is 4.57 Å². The van der Waals surface area contributed by atoms with Gasteiger partial charge in [0.15, 0.2) is 5.65 Å². The summed E-state index contributed by atoms with van der Waals surface area (Å²) in [6, 6.07) is 7.41. The average Bonchev–Trinajstić information content (AvgIpc) is 2.83. The van der Waals surface area contributed by atoms with Crippen molar-refractivity contribution in [3.8, 4) is 0 Å². The van der Waals surface area contributed by atoms with Gasteiger partial charge in [-0.1, -0.05) is 29.8 Å². The van der Waals surface area contributed by atoms with E-state index in [0.717, 1.165) is 5.56 Å². The highest BCUT2D eigenvalue weighted by atomic mass is 35.5. The summed E-state index contributed by atoms with van der Waals surface area (Å²) in [6.45, 7) is 0. The molecule has 1 aromatic carbocycles. The molecule has 2 aromatic heterocycles. The molecule has 0 bridgehead atoms. The third-order valence-corrected chi connectivity index (χ3v) is 3.49. The average molecular weight is 291 g/mol. The molecule has 0 radical (unpaired) electrons. The second kappa shape index (κ2) is 4.64. The molecule has 20 heavy (non-hydrogen) atoms. The van der Waals surface area contributed by atoms with Gasteiger partial charge in [0.05, 0.1) is 0 Å². The predicted octanol–water partition coefficient (Wildman–Crippen LogP) is 1.19. The van der Waals surface area contributed by atoms with Gasteiger partial charge in [0.2, 0.25) is 0 Å². The van der Waals surface area contributed by atoms with Crippen LogP contribution in [0, 0.1) is 0 Å². The van der Waals surface area contributed by atoms with Crippen molar-refractivity contribution < 1.29 is 0 Å². The quantitative estimate of drug-likeness (QED) is 0.744. The normalized spacial score (nSPS) is 11.1. The van der Waals surface area contributed by atoms with Crippen molar-refractivity contribution in [3.05, 3.63) is 61.5 Å². The number of fused-ring (bicyclic) bond motifs is 1. The van der Waals surface area contributed by atoms with Crippen LogP contribution in [0.5, 0.6) is 0 Å². The van der Waals surface area contributed by atoms with Crippen LogP contribution in [0.1, 0.15) is 11.4 Å². The second-order valence-electron chi connectivity index (χ2n) is 4.47. The van der Waals surface area contributed by atoms with Crippen molar-refractivity contribution in [1.29, 1.82) is 0 Å². The Morgan fingerprint density at radius 2 is 2.00 bits per heavy atom. The van der Waals surface area contributed by atoms with Crippen LogP contribution in [0.15, 0.2) is 33.9 Å². The highest BCUT2D eigenvalue weighted by molar-refractivity contribution is 6.31. The summed E-state index contributed by atoms with van der Waals surface area (Å²) in [4.78, 5) is 32.7. The minimum absolute atomic E-state index is 0.286. The van der Waals surface area contributed by atoms with Crippen LogP contribution in [0.3, 0.4) is 0 Å². The van der Waals surface area contributed by atoms with Crippen LogP contribution >= 0.6 is 11.6 Å². The number of aryl methyl sites for hydroxylation is 1. The Labute approximate surface area is 118 Å². The van der Waals surface area contributed by atoms with Gasteiger partial charge in [-0.3, -0.25) is 14.3 Å². The van der Waals surface area contributed by atoms with Gasteiger partial charge < -0.3 is 4.98 Å². The van der Waals surface area contributed by atoms with E-state index in [1.54, 1.807) is 13.1 Å². The fourth-order valence-electron chi connectivity index (χ4n) is 2.06. The lowest BCUT2D eigenvalue weighted by Crippen LogP contribution is -2.28. The second-order valence-corrected chi connectivity index (χ2v) is 4.88. The van der Waals surface area contributed by atoms with E-state index in [-0.39, 0.29) is 5.52 Å². The number of aromatic amines is 2. The van der Waals surface area contributed by atoms with E-state index >= 15 is 0 Å². The first-order valence-electron chi connectivity index (χ1n) is 5.97. The lowest BCUT2D eigenvalue weighted by molar-refractivity contribution is 0.830. The summed E-state index contributed by atoms with van der Waals surface area (Å²) in [5.74, 6) is 0.583. The Morgan fingerprint density at radius 1 is 1.25 bits per heavy atom. The van der Waals surface area contributed by atoms with Gasteiger partial charge in [-0.15, -0.1) is 0 Å². The molecule has 0 aliphatic heterocycles. The molecule has 3 rings (SSSR count). The van der Waals surface area contributed by atoms with E-state index in [0.29, 0.717) is 22.9 Å². The Hall–Kier alpha value is -2.34. The minimum atomic E-state index is -0.488. The molecule has 3 aromatic rings. The molecule has 0 fully saturated rings. The van der Waals surface area contributed by atoms with Crippen molar-refractivity contribution in [1.82, 2.24) is 19.5 Å². The van der Waals surface area contributed by atoms with E-state index in [1.807, 2.05) is 18.2 Å². The number of benzene rings is 1. The molecule has 0 aliphatic carbocycles. The fraction of sp³-hybridized carbons (Fsp3) is 0.154. The first-order valence-corrected chi connectivity index (χ1v) is 6.35. The molecular weight excluding hydrogens is 280 g/mol. The smallest absolute Gasteiger partial charge is 0.329 e. The first kappa shape index (κ1) is 12.7. The highest BCUT2D eigenvalue weighted by Gasteiger charge is 2.11. The highest BCUT2D eigenvalue weighted by Crippen LogP contribution is 2.18. The van der Waals surface area contributed by atoms with Crippen molar-refractivity contribution in [2.45, 2.75) is 6.42 Å². The van der Waals surface area contributed by atoms with Gasteiger partial charge in [0, 0.05) is 18.5 Å². The number of nitrogens with one attached hydrogen (secondary N) is 2. The molecule has 0 spiro atoms. The molecule has 0 saturated heterocycles. The van der Waals surface area contributed by atoms with Gasteiger partial charge in [-0.2, -0.15) is 0 Å². The summed E-state index contributed by atoms with van der Waals surface area (Å²) in [5, 5.41) is 0.635. The lowest BCUT2D eigenvalue weighted by atomic mass is 10.1. The Kier molecular flexibility index (Phi) is 2.94. The summed E-state index contributed by atoms with van der Waals surface area (Å²) >= 11 is 6.10. The number of imidazole rings is 1. The van der Waals surface area contributed by atoms with Gasteiger partial charge in [-0.05, 0) is 11.6 Å². The third kappa shape index (κ3) is 2.04. The van der Waals surface area contributed by atoms with Crippen molar-refractivity contribution >= 4 is 22.8 Å². The number of H-pyrrole nitrogens is 2. The van der Waals surface area contributed by atoms with E-state index in [9.17, 15) is 9.59 Å². The summed E-state index contributed by atoms with van der Waals surface area (Å²) < 4.78 is 1.29. The number of halogens is 1. The van der Waals surface area contributed by atoms with Crippen molar-refractivity contribution in [2.24, 2.45) is 7.05 Å². The molecular formula is C13H11ClN4O2. The predicted molar refractivity (Wildman–Crippen MR) is 76.2 cm³/mol. The molecule has 0 atom stereocenters. The number of hydrogen-bond acceptors (Lipinski definition) is 3.